The Morgan fingerprint density at radius 2 is 1.58 bits per heavy atom. The largest absolute Gasteiger partial charge is 0.408 e. The molecule has 33 heavy (non-hydrogen) atoms. The van der Waals surface area contributed by atoms with Crippen LogP contribution in [0.3, 0.4) is 0 Å². The average molecular weight is 457 g/mol. The first kappa shape index (κ1) is 25.9. The van der Waals surface area contributed by atoms with Crippen molar-refractivity contribution in [2.45, 2.75) is 53.3 Å². The third-order valence-electron chi connectivity index (χ3n) is 4.79. The maximum Gasteiger partial charge on any atom is 0.408 e. The fourth-order valence-corrected chi connectivity index (χ4v) is 3.18. The molecule has 2 heterocycles. The molecule has 7 heteroatoms. The summed E-state index contributed by atoms with van der Waals surface area (Å²) in [6, 6.07) is 14.2. The van der Waals surface area contributed by atoms with Gasteiger partial charge in [-0.1, -0.05) is 69.7 Å². The zero-order valence-corrected chi connectivity index (χ0v) is 19.7. The van der Waals surface area contributed by atoms with E-state index in [1.165, 1.54) is 6.33 Å². The summed E-state index contributed by atoms with van der Waals surface area (Å²) in [4.78, 5) is 11.3. The van der Waals surface area contributed by atoms with E-state index in [0.717, 1.165) is 22.2 Å². The summed E-state index contributed by atoms with van der Waals surface area (Å²) in [6.45, 7) is 9.91. The van der Waals surface area contributed by atoms with Gasteiger partial charge in [-0.3, -0.25) is 0 Å². The molecule has 2 aromatic heterocycles. The molecule has 1 unspecified atom stereocenters. The summed E-state index contributed by atoms with van der Waals surface area (Å²) in [7, 11) is 0. The molecule has 0 aliphatic heterocycles. The number of hydrogen-bond acceptors (Lipinski definition) is 3. The lowest BCUT2D eigenvalue weighted by molar-refractivity contribution is -0.142. The van der Waals surface area contributed by atoms with Gasteiger partial charge in [0, 0.05) is 29.4 Å². The van der Waals surface area contributed by atoms with Crippen molar-refractivity contribution in [3.05, 3.63) is 78.2 Å². The number of nitrogens with one attached hydrogen (secondary N) is 2. The first-order valence-corrected chi connectivity index (χ1v) is 11.2. The van der Waals surface area contributed by atoms with Gasteiger partial charge in [0.25, 0.3) is 0 Å². The third-order valence-corrected chi connectivity index (χ3v) is 4.79. The Morgan fingerprint density at radius 3 is 2.15 bits per heavy atom. The molecule has 0 amide bonds. The van der Waals surface area contributed by atoms with Gasteiger partial charge in [-0.05, 0) is 36.2 Å². The number of hydrogen-bond donors (Lipinski definition) is 2. The molecular formula is C26H31F3N4. The number of benzene rings is 2. The second-order valence-corrected chi connectivity index (χ2v) is 7.02. The van der Waals surface area contributed by atoms with E-state index < -0.39 is 12.2 Å². The molecular weight excluding hydrogens is 425 g/mol. The van der Waals surface area contributed by atoms with E-state index in [4.69, 9.17) is 0 Å². The highest BCUT2D eigenvalue weighted by Gasteiger charge is 2.39. The number of H-pyrrole nitrogens is 1. The summed E-state index contributed by atoms with van der Waals surface area (Å²) in [5, 5.41) is 3.50. The van der Waals surface area contributed by atoms with E-state index in [2.05, 4.69) is 20.3 Å². The number of aryl methyl sites for hydroxylation is 1. The van der Waals surface area contributed by atoms with Crippen LogP contribution in [0.25, 0.3) is 22.3 Å². The lowest BCUT2D eigenvalue weighted by atomic mass is 10.0. The normalized spacial score (nSPS) is 11.6. The van der Waals surface area contributed by atoms with Gasteiger partial charge in [-0.15, -0.1) is 0 Å². The molecule has 176 valence electrons. The molecule has 4 rings (SSSR count). The van der Waals surface area contributed by atoms with Gasteiger partial charge in [0.2, 0.25) is 0 Å². The molecule has 4 nitrogen and oxygen atoms in total. The Balaban J connectivity index is 0.000000914. The SMILES string of the molecule is CC.CC.Cc1ccc(CC(Nc2ccc(-c3cc4cncnc4[nH]3)cc2)C(F)(F)F)cc1. The van der Waals surface area contributed by atoms with Crippen LogP contribution in [0.4, 0.5) is 18.9 Å². The Kier molecular flexibility index (Phi) is 9.45. The van der Waals surface area contributed by atoms with Crippen molar-refractivity contribution in [1.82, 2.24) is 15.0 Å². The van der Waals surface area contributed by atoms with Crippen molar-refractivity contribution in [3.63, 3.8) is 0 Å². The lowest BCUT2D eigenvalue weighted by Crippen LogP contribution is -2.38. The minimum atomic E-state index is -4.36. The zero-order valence-electron chi connectivity index (χ0n) is 19.7. The Morgan fingerprint density at radius 1 is 0.939 bits per heavy atom. The molecule has 1 atom stereocenters. The topological polar surface area (TPSA) is 53.6 Å². The highest BCUT2D eigenvalue weighted by atomic mass is 19.4. The summed E-state index contributed by atoms with van der Waals surface area (Å²) in [6.07, 6.45) is -1.33. The Hall–Kier alpha value is -3.35. The van der Waals surface area contributed by atoms with E-state index >= 15 is 0 Å². The van der Waals surface area contributed by atoms with E-state index in [0.29, 0.717) is 16.9 Å². The number of aromatic amines is 1. The lowest BCUT2D eigenvalue weighted by Gasteiger charge is -2.23. The van der Waals surface area contributed by atoms with Crippen LogP contribution in [0.5, 0.6) is 0 Å². The van der Waals surface area contributed by atoms with E-state index in [-0.39, 0.29) is 6.42 Å². The first-order chi connectivity index (χ1) is 15.9. The number of aromatic nitrogens is 3. The van der Waals surface area contributed by atoms with Crippen molar-refractivity contribution in [2.24, 2.45) is 0 Å². The highest BCUT2D eigenvalue weighted by molar-refractivity contribution is 5.82. The molecule has 4 aromatic rings. The van der Waals surface area contributed by atoms with Crippen LogP contribution in [-0.4, -0.2) is 27.2 Å². The van der Waals surface area contributed by atoms with Crippen molar-refractivity contribution in [1.29, 1.82) is 0 Å². The van der Waals surface area contributed by atoms with Crippen molar-refractivity contribution in [3.8, 4) is 11.3 Å². The number of rotatable bonds is 5. The van der Waals surface area contributed by atoms with Gasteiger partial charge >= 0.3 is 6.18 Å². The van der Waals surface area contributed by atoms with Crippen LogP contribution in [-0.2, 0) is 6.42 Å². The van der Waals surface area contributed by atoms with Crippen LogP contribution in [0.1, 0.15) is 38.8 Å². The number of anilines is 1. The summed E-state index contributed by atoms with van der Waals surface area (Å²) in [5.74, 6) is 0. The van der Waals surface area contributed by atoms with E-state index in [9.17, 15) is 13.2 Å². The average Bonchev–Trinajstić information content (AvgIpc) is 3.27. The van der Waals surface area contributed by atoms with Gasteiger partial charge < -0.3 is 10.3 Å². The number of fused-ring (bicyclic) bond motifs is 1. The quantitative estimate of drug-likeness (QED) is 0.326. The number of nitrogens with zero attached hydrogens (tertiary/aromatic N) is 2. The van der Waals surface area contributed by atoms with Crippen LogP contribution in [0.2, 0.25) is 0 Å². The Bertz CT molecular complexity index is 1070. The van der Waals surface area contributed by atoms with Crippen molar-refractivity contribution < 1.29 is 13.2 Å². The van der Waals surface area contributed by atoms with Crippen LogP contribution in [0, 0.1) is 6.92 Å². The summed E-state index contributed by atoms with van der Waals surface area (Å²) < 4.78 is 40.7. The molecule has 2 aromatic carbocycles. The smallest absolute Gasteiger partial charge is 0.374 e. The first-order valence-electron chi connectivity index (χ1n) is 11.2. The molecule has 0 saturated heterocycles. The van der Waals surface area contributed by atoms with Crippen molar-refractivity contribution in [2.75, 3.05) is 5.32 Å². The Labute approximate surface area is 193 Å². The minimum absolute atomic E-state index is 0.133. The molecule has 0 aliphatic carbocycles. The van der Waals surface area contributed by atoms with Crippen LogP contribution in [0.15, 0.2) is 67.1 Å². The van der Waals surface area contributed by atoms with Gasteiger partial charge in [-0.2, -0.15) is 13.2 Å². The van der Waals surface area contributed by atoms with Crippen molar-refractivity contribution >= 4 is 16.7 Å². The van der Waals surface area contributed by atoms with Crippen LogP contribution >= 0.6 is 0 Å². The molecule has 0 spiro atoms. The zero-order chi connectivity index (χ0) is 24.4. The minimum Gasteiger partial charge on any atom is -0.374 e. The molecule has 0 bridgehead atoms. The van der Waals surface area contributed by atoms with E-state index in [1.807, 2.05) is 52.8 Å². The number of alkyl halides is 3. The predicted octanol–water partition coefficient (Wildman–Crippen LogP) is 7.57. The highest BCUT2D eigenvalue weighted by Crippen LogP contribution is 2.28. The molecule has 0 saturated carbocycles. The third kappa shape index (κ3) is 7.07. The maximum absolute atomic E-state index is 13.6. The van der Waals surface area contributed by atoms with Gasteiger partial charge in [0.05, 0.1) is 0 Å². The second kappa shape index (κ2) is 12.0. The summed E-state index contributed by atoms with van der Waals surface area (Å²) in [5.41, 5.74) is 4.48. The molecule has 0 radical (unpaired) electrons. The fraction of sp³-hybridized carbons (Fsp3) is 0.308. The second-order valence-electron chi connectivity index (χ2n) is 7.02. The predicted molar refractivity (Wildman–Crippen MR) is 130 cm³/mol. The molecule has 2 N–H and O–H groups in total. The van der Waals surface area contributed by atoms with Crippen LogP contribution < -0.4 is 5.32 Å². The maximum atomic E-state index is 13.6. The van der Waals surface area contributed by atoms with Gasteiger partial charge in [-0.25, -0.2) is 9.97 Å². The van der Waals surface area contributed by atoms with Gasteiger partial charge in [0.15, 0.2) is 0 Å². The number of halogens is 3. The molecule has 0 aliphatic rings. The molecule has 0 fully saturated rings. The van der Waals surface area contributed by atoms with E-state index in [1.54, 1.807) is 42.6 Å². The standard InChI is InChI=1S/C22H19F3N4.2C2H6/c1-14-2-4-15(5-3-14)10-20(22(23,24)25)28-18-8-6-16(7-9-18)19-11-17-12-26-13-27-21(17)29-19;2*1-2/h2-9,11-13,20,28H,10H2,1H3,(H,26,27,29);2*1-2H3. The monoisotopic (exact) mass is 456 g/mol. The fourth-order valence-electron chi connectivity index (χ4n) is 3.18. The summed E-state index contributed by atoms with van der Waals surface area (Å²) >= 11 is 0. The van der Waals surface area contributed by atoms with Gasteiger partial charge in [0.1, 0.15) is 18.0 Å².